The van der Waals surface area contributed by atoms with Gasteiger partial charge in [-0.3, -0.25) is 4.79 Å². The van der Waals surface area contributed by atoms with E-state index < -0.39 is 5.97 Å². The van der Waals surface area contributed by atoms with Crippen molar-refractivity contribution in [2.45, 2.75) is 32.1 Å². The van der Waals surface area contributed by atoms with Crippen LogP contribution in [0.2, 0.25) is 0 Å². The van der Waals surface area contributed by atoms with Crippen LogP contribution in [0.3, 0.4) is 0 Å². The van der Waals surface area contributed by atoms with Crippen molar-refractivity contribution in [3.63, 3.8) is 0 Å². The fraction of sp³-hybridized carbons (Fsp3) is 0.385. The Morgan fingerprint density at radius 2 is 1.78 bits per heavy atom. The van der Waals surface area contributed by atoms with E-state index in [0.717, 1.165) is 31.4 Å². The summed E-state index contributed by atoms with van der Waals surface area (Å²) in [5, 5.41) is 8.50. The van der Waals surface area contributed by atoms with Crippen LogP contribution in [-0.2, 0) is 11.2 Å². The van der Waals surface area contributed by atoms with Crippen LogP contribution < -0.4 is 11.5 Å². The van der Waals surface area contributed by atoms with Crippen molar-refractivity contribution >= 4 is 17.6 Å². The maximum Gasteiger partial charge on any atom is 0.303 e. The number of aliphatic carboxylic acids is 1. The summed E-state index contributed by atoms with van der Waals surface area (Å²) in [4.78, 5) is 14.3. The molecule has 0 saturated heterocycles. The summed E-state index contributed by atoms with van der Waals surface area (Å²) in [6, 6.07) is 7.70. The highest BCUT2D eigenvalue weighted by molar-refractivity contribution is 5.78. The molecule has 18 heavy (non-hydrogen) atoms. The molecular weight excluding hydrogens is 230 g/mol. The molecule has 0 aliphatic carbocycles. The quantitative estimate of drug-likeness (QED) is 0.389. The molecule has 0 aromatic heterocycles. The number of carboxylic acid groups (broad SMARTS) is 1. The molecule has 0 saturated carbocycles. The molecule has 1 rings (SSSR count). The van der Waals surface area contributed by atoms with Crippen molar-refractivity contribution in [2.75, 3.05) is 0 Å². The number of aryl methyl sites for hydroxylation is 1. The Hall–Kier alpha value is -2.04. The molecule has 0 unspecified atom stereocenters. The number of hydrogen-bond donors (Lipinski definition) is 3. The van der Waals surface area contributed by atoms with E-state index in [0.29, 0.717) is 0 Å². The van der Waals surface area contributed by atoms with E-state index in [4.69, 9.17) is 16.6 Å². The highest BCUT2D eigenvalue weighted by Crippen LogP contribution is 2.14. The first-order valence-corrected chi connectivity index (χ1v) is 5.98. The number of carbonyl (C=O) groups is 1. The Kier molecular flexibility index (Phi) is 5.70. The SMILES string of the molecule is NC(N)=Nc1ccc(CCCCCC(=O)O)cc1. The first-order chi connectivity index (χ1) is 8.58. The van der Waals surface area contributed by atoms with E-state index in [1.165, 1.54) is 5.56 Å². The number of benzene rings is 1. The van der Waals surface area contributed by atoms with E-state index in [2.05, 4.69) is 4.99 Å². The summed E-state index contributed by atoms with van der Waals surface area (Å²) < 4.78 is 0. The monoisotopic (exact) mass is 249 g/mol. The average Bonchev–Trinajstić information content (AvgIpc) is 2.30. The van der Waals surface area contributed by atoms with E-state index in [-0.39, 0.29) is 12.4 Å². The Bertz CT molecular complexity index is 409. The van der Waals surface area contributed by atoms with Crippen molar-refractivity contribution in [3.05, 3.63) is 29.8 Å². The fourth-order valence-corrected chi connectivity index (χ4v) is 1.67. The number of nitrogens with zero attached hydrogens (tertiary/aromatic N) is 1. The molecule has 0 atom stereocenters. The maximum atomic E-state index is 10.3. The van der Waals surface area contributed by atoms with Gasteiger partial charge in [0.2, 0.25) is 0 Å². The summed E-state index contributed by atoms with van der Waals surface area (Å²) >= 11 is 0. The van der Waals surface area contributed by atoms with Gasteiger partial charge in [-0.15, -0.1) is 0 Å². The number of aliphatic imine (C=N–C) groups is 1. The van der Waals surface area contributed by atoms with Gasteiger partial charge in [-0.1, -0.05) is 18.6 Å². The molecule has 5 nitrogen and oxygen atoms in total. The normalized spacial score (nSPS) is 10.0. The molecule has 0 aliphatic heterocycles. The second kappa shape index (κ2) is 7.32. The third-order valence-electron chi connectivity index (χ3n) is 2.55. The Morgan fingerprint density at radius 3 is 2.33 bits per heavy atom. The van der Waals surface area contributed by atoms with Crippen LogP contribution >= 0.6 is 0 Å². The van der Waals surface area contributed by atoms with Crippen LogP contribution in [0, 0.1) is 0 Å². The van der Waals surface area contributed by atoms with Crippen molar-refractivity contribution in [1.82, 2.24) is 0 Å². The minimum Gasteiger partial charge on any atom is -0.481 e. The van der Waals surface area contributed by atoms with Crippen LogP contribution in [0.25, 0.3) is 0 Å². The van der Waals surface area contributed by atoms with Gasteiger partial charge in [0.05, 0.1) is 5.69 Å². The van der Waals surface area contributed by atoms with Crippen LogP contribution in [0.4, 0.5) is 5.69 Å². The number of carboxylic acids is 1. The molecule has 98 valence electrons. The first-order valence-electron chi connectivity index (χ1n) is 5.98. The highest BCUT2D eigenvalue weighted by atomic mass is 16.4. The number of nitrogens with two attached hydrogens (primary N) is 2. The largest absolute Gasteiger partial charge is 0.481 e. The first kappa shape index (κ1) is 14.0. The van der Waals surface area contributed by atoms with Gasteiger partial charge in [-0.25, -0.2) is 4.99 Å². The third kappa shape index (κ3) is 5.89. The van der Waals surface area contributed by atoms with Gasteiger partial charge in [0.15, 0.2) is 5.96 Å². The Labute approximate surface area is 107 Å². The van der Waals surface area contributed by atoms with E-state index in [1.807, 2.05) is 24.3 Å². The summed E-state index contributed by atoms with van der Waals surface area (Å²) in [5.74, 6) is -0.673. The van der Waals surface area contributed by atoms with Crippen molar-refractivity contribution in [3.8, 4) is 0 Å². The third-order valence-corrected chi connectivity index (χ3v) is 2.55. The lowest BCUT2D eigenvalue weighted by atomic mass is 10.1. The summed E-state index contributed by atoms with van der Waals surface area (Å²) in [6.07, 6.45) is 3.86. The smallest absolute Gasteiger partial charge is 0.303 e. The van der Waals surface area contributed by atoms with E-state index in [9.17, 15) is 4.79 Å². The molecule has 5 heteroatoms. The molecule has 0 radical (unpaired) electrons. The van der Waals surface area contributed by atoms with Gasteiger partial charge in [-0.05, 0) is 37.0 Å². The summed E-state index contributed by atoms with van der Waals surface area (Å²) in [5.41, 5.74) is 12.5. The minimum absolute atomic E-state index is 0.0522. The lowest BCUT2D eigenvalue weighted by Crippen LogP contribution is -2.21. The molecule has 0 heterocycles. The Balaban J connectivity index is 2.31. The second-order valence-electron chi connectivity index (χ2n) is 4.16. The molecule has 5 N–H and O–H groups in total. The molecule has 1 aromatic carbocycles. The lowest BCUT2D eigenvalue weighted by molar-refractivity contribution is -0.137. The average molecular weight is 249 g/mol. The van der Waals surface area contributed by atoms with Gasteiger partial charge >= 0.3 is 5.97 Å². The molecule has 1 aromatic rings. The molecule has 0 bridgehead atoms. The number of unbranched alkanes of at least 4 members (excludes halogenated alkanes) is 2. The summed E-state index contributed by atoms with van der Waals surface area (Å²) in [7, 11) is 0. The van der Waals surface area contributed by atoms with Gasteiger partial charge in [0, 0.05) is 6.42 Å². The zero-order chi connectivity index (χ0) is 13.4. The van der Waals surface area contributed by atoms with Gasteiger partial charge in [0.1, 0.15) is 0 Å². The maximum absolute atomic E-state index is 10.3. The number of guanidine groups is 1. The standard InChI is InChI=1S/C13H19N3O2/c14-13(15)16-11-8-6-10(7-9-11)4-2-1-3-5-12(17)18/h6-9H,1-5H2,(H,17,18)(H4,14,15,16). The fourth-order valence-electron chi connectivity index (χ4n) is 1.67. The summed E-state index contributed by atoms with van der Waals surface area (Å²) in [6.45, 7) is 0. The van der Waals surface area contributed by atoms with E-state index >= 15 is 0 Å². The van der Waals surface area contributed by atoms with E-state index in [1.54, 1.807) is 0 Å². The predicted octanol–water partition coefficient (Wildman–Crippen LogP) is 1.78. The molecule has 0 spiro atoms. The van der Waals surface area contributed by atoms with Gasteiger partial charge < -0.3 is 16.6 Å². The van der Waals surface area contributed by atoms with Gasteiger partial charge in [0.25, 0.3) is 0 Å². The molecular formula is C13H19N3O2. The minimum atomic E-state index is -0.725. The molecule has 0 aliphatic rings. The van der Waals surface area contributed by atoms with Crippen molar-refractivity contribution in [1.29, 1.82) is 0 Å². The second-order valence-corrected chi connectivity index (χ2v) is 4.16. The van der Waals surface area contributed by atoms with Crippen molar-refractivity contribution in [2.24, 2.45) is 16.5 Å². The predicted molar refractivity (Wildman–Crippen MR) is 71.7 cm³/mol. The molecule has 0 fully saturated rings. The Morgan fingerprint density at radius 1 is 1.11 bits per heavy atom. The van der Waals surface area contributed by atoms with Crippen molar-refractivity contribution < 1.29 is 9.90 Å². The van der Waals surface area contributed by atoms with Gasteiger partial charge in [-0.2, -0.15) is 0 Å². The van der Waals surface area contributed by atoms with Crippen LogP contribution in [0.1, 0.15) is 31.2 Å². The van der Waals surface area contributed by atoms with Crippen LogP contribution in [0.5, 0.6) is 0 Å². The topological polar surface area (TPSA) is 102 Å². The molecule has 0 amide bonds. The van der Waals surface area contributed by atoms with Crippen LogP contribution in [-0.4, -0.2) is 17.0 Å². The zero-order valence-electron chi connectivity index (χ0n) is 10.3. The number of hydrogen-bond acceptors (Lipinski definition) is 2. The lowest BCUT2D eigenvalue weighted by Gasteiger charge is -2.02. The zero-order valence-corrected chi connectivity index (χ0v) is 10.3. The van der Waals surface area contributed by atoms with Crippen LogP contribution in [0.15, 0.2) is 29.3 Å². The highest BCUT2D eigenvalue weighted by Gasteiger charge is 1.98. The number of rotatable bonds is 7.